The van der Waals surface area contributed by atoms with Gasteiger partial charge in [-0.2, -0.15) is 0 Å². The zero-order valence-electron chi connectivity index (χ0n) is 20.2. The highest BCUT2D eigenvalue weighted by Gasteiger charge is 2.22. The molecule has 35 heavy (non-hydrogen) atoms. The highest BCUT2D eigenvalue weighted by Crippen LogP contribution is 2.28. The van der Waals surface area contributed by atoms with Gasteiger partial charge in [0.2, 0.25) is 5.91 Å². The summed E-state index contributed by atoms with van der Waals surface area (Å²) in [5, 5.41) is 21.6. The van der Waals surface area contributed by atoms with Crippen LogP contribution in [0.15, 0.2) is 23.6 Å². The largest absolute Gasteiger partial charge is 0.495 e. The standard InChI is InChI=1S/C21H29ClN4O2S.C2H2O4/c1-21(2,3)18-14-29-20(24-18)13-26-9-7-25(8-10-26)12-19(27)23-16-11-15(22)5-6-17(16)28-4;3-1(4)2(5)6/h5-6,11,14H,7-10,12-13H2,1-4H3,(H,23,27);(H,3,4)(H,5,6). The van der Waals surface area contributed by atoms with Gasteiger partial charge in [-0.15, -0.1) is 11.3 Å². The molecule has 2 heterocycles. The number of methoxy groups -OCH3 is 1. The molecule has 0 unspecified atom stereocenters. The number of nitrogens with one attached hydrogen (secondary N) is 1. The molecule has 0 aliphatic carbocycles. The fraction of sp³-hybridized carbons (Fsp3) is 0.478. The number of halogens is 1. The Labute approximate surface area is 213 Å². The predicted octanol–water partition coefficient (Wildman–Crippen LogP) is 3.01. The quantitative estimate of drug-likeness (QED) is 0.486. The molecule has 192 valence electrons. The van der Waals surface area contributed by atoms with Crippen LogP contribution < -0.4 is 10.1 Å². The van der Waals surface area contributed by atoms with Gasteiger partial charge < -0.3 is 20.3 Å². The van der Waals surface area contributed by atoms with Crippen LogP contribution in [-0.2, 0) is 26.3 Å². The number of piperazine rings is 1. The zero-order valence-corrected chi connectivity index (χ0v) is 21.8. The van der Waals surface area contributed by atoms with Crippen molar-refractivity contribution < 1.29 is 29.3 Å². The first-order valence-electron chi connectivity index (χ1n) is 10.9. The van der Waals surface area contributed by atoms with Crippen LogP contribution in [0.25, 0.3) is 0 Å². The lowest BCUT2D eigenvalue weighted by Crippen LogP contribution is -2.48. The Bertz CT molecular complexity index is 1020. The van der Waals surface area contributed by atoms with Crippen molar-refractivity contribution in [1.82, 2.24) is 14.8 Å². The molecule has 12 heteroatoms. The number of nitrogens with zero attached hydrogens (tertiary/aromatic N) is 3. The van der Waals surface area contributed by atoms with Crippen LogP contribution in [-0.4, -0.2) is 82.7 Å². The molecular formula is C23H31ClN4O6S. The molecule has 0 radical (unpaired) electrons. The smallest absolute Gasteiger partial charge is 0.414 e. The number of hydrogen-bond acceptors (Lipinski definition) is 8. The lowest BCUT2D eigenvalue weighted by atomic mass is 9.93. The Balaban J connectivity index is 0.000000641. The predicted molar refractivity (Wildman–Crippen MR) is 134 cm³/mol. The van der Waals surface area contributed by atoms with E-state index in [1.807, 2.05) is 0 Å². The molecule has 1 amide bonds. The maximum Gasteiger partial charge on any atom is 0.414 e. The van der Waals surface area contributed by atoms with Gasteiger partial charge in [-0.05, 0) is 18.2 Å². The summed E-state index contributed by atoms with van der Waals surface area (Å²) in [6, 6.07) is 5.19. The van der Waals surface area contributed by atoms with Crippen molar-refractivity contribution >= 4 is 46.5 Å². The van der Waals surface area contributed by atoms with Crippen LogP contribution in [0.4, 0.5) is 5.69 Å². The summed E-state index contributed by atoms with van der Waals surface area (Å²) in [7, 11) is 1.57. The van der Waals surface area contributed by atoms with E-state index in [0.717, 1.165) is 43.4 Å². The van der Waals surface area contributed by atoms with Crippen molar-refractivity contribution in [1.29, 1.82) is 0 Å². The van der Waals surface area contributed by atoms with Crippen LogP contribution in [0.2, 0.25) is 5.02 Å². The lowest BCUT2D eigenvalue weighted by molar-refractivity contribution is -0.159. The normalized spacial score (nSPS) is 14.5. The molecule has 10 nitrogen and oxygen atoms in total. The van der Waals surface area contributed by atoms with Gasteiger partial charge >= 0.3 is 11.9 Å². The van der Waals surface area contributed by atoms with Gasteiger partial charge in [0.1, 0.15) is 10.8 Å². The Morgan fingerprint density at radius 3 is 2.23 bits per heavy atom. The Hall–Kier alpha value is -2.73. The third-order valence-corrected chi connectivity index (χ3v) is 6.20. The monoisotopic (exact) mass is 526 g/mol. The van der Waals surface area contributed by atoms with Crippen molar-refractivity contribution in [2.45, 2.75) is 32.7 Å². The lowest BCUT2D eigenvalue weighted by Gasteiger charge is -2.33. The highest BCUT2D eigenvalue weighted by molar-refractivity contribution is 7.09. The Kier molecular flexibility index (Phi) is 10.4. The topological polar surface area (TPSA) is 132 Å². The van der Waals surface area contributed by atoms with E-state index in [-0.39, 0.29) is 11.3 Å². The van der Waals surface area contributed by atoms with Crippen LogP contribution >= 0.6 is 22.9 Å². The minimum atomic E-state index is -1.82. The van der Waals surface area contributed by atoms with Crippen LogP contribution in [0, 0.1) is 0 Å². The zero-order chi connectivity index (χ0) is 26.2. The minimum absolute atomic E-state index is 0.0613. The first kappa shape index (κ1) is 28.5. The number of hydrogen-bond donors (Lipinski definition) is 3. The van der Waals surface area contributed by atoms with E-state index >= 15 is 0 Å². The summed E-state index contributed by atoms with van der Waals surface area (Å²) < 4.78 is 5.29. The number of carbonyl (C=O) groups is 3. The van der Waals surface area contributed by atoms with Crippen molar-refractivity contribution in [2.75, 3.05) is 45.2 Å². The van der Waals surface area contributed by atoms with Gasteiger partial charge in [0.25, 0.3) is 0 Å². The maximum atomic E-state index is 12.5. The molecule has 1 aromatic heterocycles. The average Bonchev–Trinajstić information content (AvgIpc) is 3.25. The molecule has 3 rings (SSSR count). The third-order valence-electron chi connectivity index (χ3n) is 5.13. The molecule has 0 bridgehead atoms. The van der Waals surface area contributed by atoms with Gasteiger partial charge in [0.05, 0.1) is 31.6 Å². The summed E-state index contributed by atoms with van der Waals surface area (Å²) in [6.07, 6.45) is 0. The van der Waals surface area contributed by atoms with Crippen molar-refractivity contribution in [3.05, 3.63) is 39.3 Å². The van der Waals surface area contributed by atoms with Gasteiger partial charge in [-0.25, -0.2) is 14.6 Å². The fourth-order valence-corrected chi connectivity index (χ4v) is 4.43. The SMILES string of the molecule is COc1ccc(Cl)cc1NC(=O)CN1CCN(Cc2nc(C(C)(C)C)cs2)CC1.O=C(O)C(=O)O. The van der Waals surface area contributed by atoms with E-state index in [4.69, 9.17) is 41.1 Å². The van der Waals surface area contributed by atoms with E-state index in [1.165, 1.54) is 0 Å². The summed E-state index contributed by atoms with van der Waals surface area (Å²) in [4.78, 5) is 40.0. The molecule has 0 saturated carbocycles. The van der Waals surface area contributed by atoms with E-state index in [9.17, 15) is 4.79 Å². The number of carboxylic acids is 2. The van der Waals surface area contributed by atoms with E-state index in [1.54, 1.807) is 36.6 Å². The number of ether oxygens (including phenoxy) is 1. The van der Waals surface area contributed by atoms with Crippen molar-refractivity contribution in [3.63, 3.8) is 0 Å². The number of anilines is 1. The van der Waals surface area contributed by atoms with E-state index < -0.39 is 11.9 Å². The number of aromatic nitrogens is 1. The minimum Gasteiger partial charge on any atom is -0.495 e. The molecule has 0 atom stereocenters. The van der Waals surface area contributed by atoms with Gasteiger partial charge in [-0.3, -0.25) is 14.6 Å². The Morgan fingerprint density at radius 2 is 1.71 bits per heavy atom. The molecule has 0 spiro atoms. The van der Waals surface area contributed by atoms with Gasteiger partial charge in [0, 0.05) is 42.0 Å². The number of rotatable bonds is 6. The maximum absolute atomic E-state index is 12.5. The summed E-state index contributed by atoms with van der Waals surface area (Å²) in [5.74, 6) is -3.11. The number of amides is 1. The molecule has 1 aliphatic rings. The van der Waals surface area contributed by atoms with Gasteiger partial charge in [0.15, 0.2) is 0 Å². The third kappa shape index (κ3) is 9.44. The molecule has 1 aromatic carbocycles. The molecule has 2 aromatic rings. The highest BCUT2D eigenvalue weighted by atomic mass is 35.5. The van der Waals surface area contributed by atoms with Crippen molar-refractivity contribution in [2.24, 2.45) is 0 Å². The van der Waals surface area contributed by atoms with Gasteiger partial charge in [-0.1, -0.05) is 32.4 Å². The molecule has 1 aliphatic heterocycles. The Morgan fingerprint density at radius 1 is 1.11 bits per heavy atom. The molecule has 1 saturated heterocycles. The molecule has 3 N–H and O–H groups in total. The summed E-state index contributed by atoms with van der Waals surface area (Å²) in [5.41, 5.74) is 1.85. The number of benzene rings is 1. The van der Waals surface area contributed by atoms with E-state index in [2.05, 4.69) is 41.3 Å². The second-order valence-corrected chi connectivity index (χ2v) is 10.3. The summed E-state index contributed by atoms with van der Waals surface area (Å²) >= 11 is 7.77. The number of aliphatic carboxylic acids is 2. The van der Waals surface area contributed by atoms with E-state index in [0.29, 0.717) is 23.0 Å². The second-order valence-electron chi connectivity index (χ2n) is 8.93. The average molecular weight is 527 g/mol. The second kappa shape index (κ2) is 12.8. The fourth-order valence-electron chi connectivity index (χ4n) is 3.20. The summed E-state index contributed by atoms with van der Waals surface area (Å²) in [6.45, 7) is 11.4. The van der Waals surface area contributed by atoms with Crippen LogP contribution in [0.1, 0.15) is 31.5 Å². The van der Waals surface area contributed by atoms with Crippen LogP contribution in [0.5, 0.6) is 5.75 Å². The van der Waals surface area contributed by atoms with Crippen molar-refractivity contribution in [3.8, 4) is 5.75 Å². The van der Waals surface area contributed by atoms with Crippen LogP contribution in [0.3, 0.4) is 0 Å². The number of carboxylic acid groups (broad SMARTS) is 2. The molecule has 1 fully saturated rings. The first-order chi connectivity index (χ1) is 16.4. The number of carbonyl (C=O) groups excluding carboxylic acids is 1. The first-order valence-corrected chi connectivity index (χ1v) is 12.1. The number of thiazole rings is 1. The molecular weight excluding hydrogens is 496 g/mol.